The van der Waals surface area contributed by atoms with Gasteiger partial charge in [-0.3, -0.25) is 4.79 Å². The molecule has 3 N–H and O–H groups in total. The fraction of sp³-hybridized carbons (Fsp3) is 0.286. The minimum atomic E-state index is -0.366. The number of nitrogens with two attached hydrogens (primary N) is 1. The number of hydrogen-bond acceptors (Lipinski definition) is 5. The summed E-state index contributed by atoms with van der Waals surface area (Å²) < 4.78 is 18.9. The number of ether oxygens (including phenoxy) is 1. The number of amides is 1. The first-order valence-electron chi connectivity index (χ1n) is 6.43. The topological polar surface area (TPSA) is 77.2 Å². The molecule has 21 heavy (non-hydrogen) atoms. The molecule has 7 heteroatoms. The average Bonchev–Trinajstić information content (AvgIpc) is 2.76. The first-order chi connectivity index (χ1) is 10.1. The van der Waals surface area contributed by atoms with Crippen LogP contribution in [0.1, 0.15) is 28.5 Å². The van der Waals surface area contributed by atoms with Gasteiger partial charge in [-0.2, -0.15) is 0 Å². The molecule has 0 saturated carbocycles. The number of benzene rings is 1. The fourth-order valence-corrected chi connectivity index (χ4v) is 3.51. The fourth-order valence-electron chi connectivity index (χ4n) is 2.54. The molecule has 1 aliphatic rings. The van der Waals surface area contributed by atoms with Crippen molar-refractivity contribution in [1.29, 1.82) is 0 Å². The monoisotopic (exact) mass is 307 g/mol. The van der Waals surface area contributed by atoms with Crippen LogP contribution in [0, 0.1) is 5.82 Å². The van der Waals surface area contributed by atoms with Crippen molar-refractivity contribution in [2.75, 3.05) is 12.8 Å². The second-order valence-corrected chi connectivity index (χ2v) is 5.84. The van der Waals surface area contributed by atoms with Crippen LogP contribution in [-0.4, -0.2) is 18.0 Å². The van der Waals surface area contributed by atoms with Gasteiger partial charge >= 0.3 is 0 Å². The van der Waals surface area contributed by atoms with Crippen LogP contribution in [0.25, 0.3) is 0 Å². The maximum Gasteiger partial charge on any atom is 0.221 e. The van der Waals surface area contributed by atoms with Gasteiger partial charge in [-0.05, 0) is 18.2 Å². The summed E-state index contributed by atoms with van der Waals surface area (Å²) in [7, 11) is 1.52. The van der Waals surface area contributed by atoms with E-state index in [0.717, 1.165) is 10.6 Å². The predicted octanol–water partition coefficient (Wildman–Crippen LogP) is 2.02. The Bertz CT molecular complexity index is 702. The molecule has 1 atom stereocenters. The summed E-state index contributed by atoms with van der Waals surface area (Å²) in [5.74, 6) is -0.221. The zero-order valence-electron chi connectivity index (χ0n) is 11.4. The molecule has 0 unspecified atom stereocenters. The lowest BCUT2D eigenvalue weighted by atomic mass is 9.92. The first kappa shape index (κ1) is 13.8. The van der Waals surface area contributed by atoms with Crippen molar-refractivity contribution in [2.24, 2.45) is 0 Å². The Hall–Kier alpha value is -2.15. The minimum Gasteiger partial charge on any atom is -0.496 e. The van der Waals surface area contributed by atoms with Crippen LogP contribution in [0.3, 0.4) is 0 Å². The maximum absolute atomic E-state index is 13.6. The van der Waals surface area contributed by atoms with Crippen molar-refractivity contribution < 1.29 is 13.9 Å². The molecule has 2 aromatic rings. The number of nitrogens with one attached hydrogen (secondary N) is 1. The van der Waals surface area contributed by atoms with Crippen LogP contribution in [0.4, 0.5) is 9.52 Å². The molecule has 1 amide bonds. The number of methoxy groups -OCH3 is 1. The van der Waals surface area contributed by atoms with Gasteiger partial charge in [0, 0.05) is 22.8 Å². The number of thiazole rings is 1. The molecule has 1 aromatic heterocycles. The van der Waals surface area contributed by atoms with Crippen molar-refractivity contribution in [1.82, 2.24) is 10.3 Å². The molecule has 0 spiro atoms. The highest BCUT2D eigenvalue weighted by atomic mass is 32.1. The lowest BCUT2D eigenvalue weighted by Gasteiger charge is -2.17. The van der Waals surface area contributed by atoms with Gasteiger partial charge in [-0.25, -0.2) is 9.37 Å². The van der Waals surface area contributed by atoms with Gasteiger partial charge in [0.25, 0.3) is 0 Å². The summed E-state index contributed by atoms with van der Waals surface area (Å²) >= 11 is 1.33. The number of nitrogen functional groups attached to an aromatic ring is 1. The molecule has 0 radical (unpaired) electrons. The Morgan fingerprint density at radius 2 is 2.33 bits per heavy atom. The predicted molar refractivity (Wildman–Crippen MR) is 77.8 cm³/mol. The van der Waals surface area contributed by atoms with Crippen LogP contribution < -0.4 is 15.8 Å². The molecule has 2 heterocycles. The Morgan fingerprint density at radius 3 is 3.10 bits per heavy atom. The third kappa shape index (κ3) is 2.56. The third-order valence-electron chi connectivity index (χ3n) is 3.47. The number of nitrogens with zero attached hydrogens (tertiary/aromatic N) is 1. The molecule has 1 aromatic carbocycles. The summed E-state index contributed by atoms with van der Waals surface area (Å²) in [5, 5.41) is 3.22. The van der Waals surface area contributed by atoms with Gasteiger partial charge in [-0.1, -0.05) is 0 Å². The summed E-state index contributed by atoms with van der Waals surface area (Å²) in [5.41, 5.74) is 7.15. The number of anilines is 1. The van der Waals surface area contributed by atoms with Gasteiger partial charge in [0.05, 0.1) is 19.3 Å². The minimum absolute atomic E-state index is 0.102. The zero-order valence-corrected chi connectivity index (χ0v) is 12.2. The normalized spacial score (nSPS) is 17.8. The Morgan fingerprint density at radius 1 is 1.52 bits per heavy atom. The van der Waals surface area contributed by atoms with E-state index in [1.165, 1.54) is 30.6 Å². The Labute approximate surface area is 124 Å². The third-order valence-corrected chi connectivity index (χ3v) is 4.51. The average molecular weight is 307 g/mol. The van der Waals surface area contributed by atoms with E-state index in [0.29, 0.717) is 23.0 Å². The van der Waals surface area contributed by atoms with E-state index in [-0.39, 0.29) is 24.1 Å². The highest BCUT2D eigenvalue weighted by molar-refractivity contribution is 7.15. The van der Waals surface area contributed by atoms with Crippen molar-refractivity contribution in [2.45, 2.75) is 18.9 Å². The van der Waals surface area contributed by atoms with Crippen molar-refractivity contribution in [3.63, 3.8) is 0 Å². The van der Waals surface area contributed by atoms with E-state index in [4.69, 9.17) is 10.5 Å². The lowest BCUT2D eigenvalue weighted by Crippen LogP contribution is -2.21. The molecular formula is C14H14FN3O2S. The Balaban J connectivity index is 2.15. The van der Waals surface area contributed by atoms with Crippen molar-refractivity contribution in [3.8, 4) is 5.75 Å². The molecule has 0 bridgehead atoms. The molecule has 110 valence electrons. The highest BCUT2D eigenvalue weighted by Crippen LogP contribution is 2.40. The molecule has 3 rings (SSSR count). The number of hydrogen-bond donors (Lipinski definition) is 2. The molecular weight excluding hydrogens is 293 g/mol. The quantitative estimate of drug-likeness (QED) is 0.890. The smallest absolute Gasteiger partial charge is 0.221 e. The van der Waals surface area contributed by atoms with Crippen molar-refractivity contribution in [3.05, 3.63) is 40.2 Å². The van der Waals surface area contributed by atoms with E-state index >= 15 is 0 Å². The summed E-state index contributed by atoms with van der Waals surface area (Å²) in [6, 6.07) is 4.31. The van der Waals surface area contributed by atoms with E-state index in [1.54, 1.807) is 6.07 Å². The lowest BCUT2D eigenvalue weighted by molar-refractivity contribution is -0.121. The van der Waals surface area contributed by atoms with Crippen LogP contribution in [-0.2, 0) is 11.3 Å². The molecule has 1 aliphatic heterocycles. The van der Waals surface area contributed by atoms with Crippen LogP contribution in [0.2, 0.25) is 0 Å². The second-order valence-electron chi connectivity index (χ2n) is 4.78. The highest BCUT2D eigenvalue weighted by Gasteiger charge is 2.29. The van der Waals surface area contributed by atoms with Crippen molar-refractivity contribution >= 4 is 22.4 Å². The van der Waals surface area contributed by atoms with E-state index in [1.807, 2.05) is 0 Å². The molecule has 5 nitrogen and oxygen atoms in total. The van der Waals surface area contributed by atoms with E-state index in [2.05, 4.69) is 10.3 Å². The van der Waals surface area contributed by atoms with Gasteiger partial charge in [-0.15, -0.1) is 11.3 Å². The van der Waals surface area contributed by atoms with Gasteiger partial charge < -0.3 is 15.8 Å². The zero-order chi connectivity index (χ0) is 15.0. The molecule has 0 saturated heterocycles. The van der Waals surface area contributed by atoms with Crippen LogP contribution in [0.15, 0.2) is 18.2 Å². The number of fused-ring (bicyclic) bond motifs is 1. The number of carbonyl (C=O) groups excluding carboxylic acids is 1. The first-order valence-corrected chi connectivity index (χ1v) is 7.25. The number of halogens is 1. The van der Waals surface area contributed by atoms with Gasteiger partial charge in [0.1, 0.15) is 11.6 Å². The number of aromatic nitrogens is 1. The summed E-state index contributed by atoms with van der Waals surface area (Å²) in [4.78, 5) is 17.0. The largest absolute Gasteiger partial charge is 0.496 e. The molecule has 0 aliphatic carbocycles. The summed E-state index contributed by atoms with van der Waals surface area (Å²) in [6.07, 6.45) is 0.217. The van der Waals surface area contributed by atoms with E-state index < -0.39 is 0 Å². The van der Waals surface area contributed by atoms with Crippen LogP contribution >= 0.6 is 11.3 Å². The standard InChI is InChI=1S/C14H14FN3O2S/c1-20-11-3-2-7(15)4-8(11)9-5-12(19)17-6-10-13(9)21-14(16)18-10/h2-4,9H,5-6H2,1H3,(H2,16,18)(H,17,19)/t9-/m1/s1. The Kier molecular flexibility index (Phi) is 3.50. The van der Waals surface area contributed by atoms with Crippen LogP contribution in [0.5, 0.6) is 5.75 Å². The van der Waals surface area contributed by atoms with Gasteiger partial charge in [0.15, 0.2) is 5.13 Å². The van der Waals surface area contributed by atoms with E-state index in [9.17, 15) is 9.18 Å². The SMILES string of the molecule is COc1ccc(F)cc1[C@H]1CC(=O)NCc2nc(N)sc21. The summed E-state index contributed by atoms with van der Waals surface area (Å²) in [6.45, 7) is 0.343. The second kappa shape index (κ2) is 5.33. The number of rotatable bonds is 2. The van der Waals surface area contributed by atoms with Gasteiger partial charge in [0.2, 0.25) is 5.91 Å². The maximum atomic E-state index is 13.6. The number of carbonyl (C=O) groups is 1. The molecule has 0 fully saturated rings.